The normalized spacial score (nSPS) is 12.2. The zero-order valence-corrected chi connectivity index (χ0v) is 19.9. The molecule has 0 spiro atoms. The molecule has 0 aliphatic rings. The fraction of sp³-hybridized carbons (Fsp3) is 0.700. The van der Waals surface area contributed by atoms with Crippen molar-refractivity contribution in [1.29, 1.82) is 0 Å². The van der Waals surface area contributed by atoms with Gasteiger partial charge in [-0.25, -0.2) is 19.2 Å². The first-order valence-corrected chi connectivity index (χ1v) is 9.37. The third-order valence-corrected chi connectivity index (χ3v) is 2.38. The van der Waals surface area contributed by atoms with Crippen molar-refractivity contribution in [1.82, 2.24) is 0 Å². The van der Waals surface area contributed by atoms with Gasteiger partial charge in [0.15, 0.2) is 11.2 Å². The number of carbonyl (C=O) groups is 4. The molecule has 0 aliphatic heterocycles. The molecule has 0 amide bonds. The summed E-state index contributed by atoms with van der Waals surface area (Å²) >= 11 is 0. The zero-order valence-electron chi connectivity index (χ0n) is 19.9. The number of hydrogen-bond acceptors (Lipinski definition) is 12. The molecule has 0 rings (SSSR count). The summed E-state index contributed by atoms with van der Waals surface area (Å²) in [4.78, 5) is 82.6. The molecule has 0 aromatic rings. The molecule has 0 N–H and O–H groups in total. The Hall–Kier alpha value is -2.72. The highest BCUT2D eigenvalue weighted by atomic mass is 17.2. The molecule has 0 heterocycles. The second-order valence-electron chi connectivity index (χ2n) is 9.31. The van der Waals surface area contributed by atoms with E-state index in [0.29, 0.717) is 0 Å². The van der Waals surface area contributed by atoms with Crippen molar-refractivity contribution in [3.05, 3.63) is 0 Å². The van der Waals surface area contributed by atoms with Crippen LogP contribution in [0.1, 0.15) is 69.2 Å². The van der Waals surface area contributed by atoms with Gasteiger partial charge >= 0.3 is 23.9 Å². The van der Waals surface area contributed by atoms with Crippen LogP contribution in [0.4, 0.5) is 0 Å². The topological polar surface area (TPSA) is 142 Å². The molecule has 12 nitrogen and oxygen atoms in total. The lowest BCUT2D eigenvalue weighted by atomic mass is 10.1. The second-order valence-corrected chi connectivity index (χ2v) is 9.31. The van der Waals surface area contributed by atoms with E-state index in [9.17, 15) is 19.2 Å². The smallest absolute Gasteiger partial charge is 0.285 e. The molecule has 0 saturated carbocycles. The van der Waals surface area contributed by atoms with Crippen molar-refractivity contribution >= 4 is 23.9 Å². The van der Waals surface area contributed by atoms with Gasteiger partial charge in [-0.1, -0.05) is 11.8 Å². The molecule has 182 valence electrons. The van der Waals surface area contributed by atoms with Gasteiger partial charge in [0.05, 0.1) is 0 Å². The fourth-order valence-electron chi connectivity index (χ4n) is 1.09. The van der Waals surface area contributed by atoms with E-state index in [0.717, 1.165) is 0 Å². The summed E-state index contributed by atoms with van der Waals surface area (Å²) in [5, 5.41) is 0. The second kappa shape index (κ2) is 11.2. The molecular formula is C20H30O12. The highest BCUT2D eigenvalue weighted by Gasteiger charge is 2.29. The van der Waals surface area contributed by atoms with Crippen molar-refractivity contribution < 1.29 is 58.3 Å². The Morgan fingerprint density at radius 2 is 0.656 bits per heavy atom. The quantitative estimate of drug-likeness (QED) is 0.247. The molecule has 0 fully saturated rings. The molecular weight excluding hydrogens is 432 g/mol. The SMILES string of the molecule is CC(C)(C)OOC(=O)C(=O)OOC(C)(C)C#CC(C)(C)OOC(=O)C(=O)OOC(C)(C)C. The largest absolute Gasteiger partial charge is 0.453 e. The van der Waals surface area contributed by atoms with Crippen LogP contribution in [0, 0.1) is 11.8 Å². The van der Waals surface area contributed by atoms with Crippen molar-refractivity contribution in [3.63, 3.8) is 0 Å². The van der Waals surface area contributed by atoms with Gasteiger partial charge in [0.25, 0.3) is 0 Å². The lowest BCUT2D eigenvalue weighted by Crippen LogP contribution is -2.32. The molecule has 0 bridgehead atoms. The van der Waals surface area contributed by atoms with E-state index in [1.165, 1.54) is 27.7 Å². The van der Waals surface area contributed by atoms with Gasteiger partial charge in [-0.05, 0) is 69.2 Å². The van der Waals surface area contributed by atoms with Gasteiger partial charge in [0.2, 0.25) is 0 Å². The lowest BCUT2D eigenvalue weighted by molar-refractivity contribution is -0.336. The summed E-state index contributed by atoms with van der Waals surface area (Å²) in [6, 6.07) is 0. The van der Waals surface area contributed by atoms with Crippen molar-refractivity contribution in [2.75, 3.05) is 0 Å². The lowest BCUT2D eigenvalue weighted by Gasteiger charge is -2.19. The Balaban J connectivity index is 4.69. The molecule has 0 unspecified atom stereocenters. The van der Waals surface area contributed by atoms with Crippen LogP contribution >= 0.6 is 0 Å². The summed E-state index contributed by atoms with van der Waals surface area (Å²) in [5.41, 5.74) is -4.48. The molecule has 0 saturated heterocycles. The first kappa shape index (κ1) is 29.3. The van der Waals surface area contributed by atoms with Crippen LogP contribution in [-0.4, -0.2) is 46.3 Å². The van der Waals surface area contributed by atoms with E-state index in [1.54, 1.807) is 41.5 Å². The third-order valence-electron chi connectivity index (χ3n) is 2.38. The predicted octanol–water partition coefficient (Wildman–Crippen LogP) is 2.04. The molecule has 0 aromatic heterocycles. The average molecular weight is 462 g/mol. The summed E-state index contributed by atoms with van der Waals surface area (Å²) in [5.74, 6) is -0.678. The molecule has 0 radical (unpaired) electrons. The van der Waals surface area contributed by atoms with Crippen molar-refractivity contribution in [2.45, 2.75) is 91.6 Å². The Morgan fingerprint density at radius 3 is 0.875 bits per heavy atom. The average Bonchev–Trinajstić information content (AvgIpc) is 2.64. The molecule has 0 aromatic carbocycles. The Bertz CT molecular complexity index is 694. The van der Waals surface area contributed by atoms with Crippen LogP contribution in [-0.2, 0) is 58.3 Å². The van der Waals surface area contributed by atoms with Crippen LogP contribution in [0.2, 0.25) is 0 Å². The van der Waals surface area contributed by atoms with E-state index in [2.05, 4.69) is 31.4 Å². The number of carbonyl (C=O) groups excluding carboxylic acids is 4. The first-order chi connectivity index (χ1) is 14.2. The predicted molar refractivity (Wildman–Crippen MR) is 104 cm³/mol. The van der Waals surface area contributed by atoms with Crippen LogP contribution < -0.4 is 0 Å². The summed E-state index contributed by atoms with van der Waals surface area (Å²) in [6.45, 7) is 15.3. The van der Waals surface area contributed by atoms with Gasteiger partial charge in [-0.2, -0.15) is 19.6 Å². The maximum absolute atomic E-state index is 11.6. The molecule has 32 heavy (non-hydrogen) atoms. The van der Waals surface area contributed by atoms with E-state index in [-0.39, 0.29) is 0 Å². The Kier molecular flexibility index (Phi) is 10.3. The minimum absolute atomic E-state index is 0.826. The van der Waals surface area contributed by atoms with Crippen molar-refractivity contribution in [2.24, 2.45) is 0 Å². The van der Waals surface area contributed by atoms with Gasteiger partial charge in [-0.3, -0.25) is 19.6 Å². The minimum atomic E-state index is -1.47. The summed E-state index contributed by atoms with van der Waals surface area (Å²) in [6.07, 6.45) is 0. The highest BCUT2D eigenvalue weighted by molar-refractivity contribution is 6.29. The standard InChI is InChI=1S/C20H30O12/c1-17(2,3)29-25-13(21)15(23)27-31-19(7,8)11-12-20(9,10)32-28-16(24)14(22)26-30-18(4,5)6/h1-10H3. The zero-order chi connectivity index (χ0) is 25.4. The summed E-state index contributed by atoms with van der Waals surface area (Å²) in [7, 11) is 0. The minimum Gasteiger partial charge on any atom is -0.285 e. The third kappa shape index (κ3) is 14.3. The molecule has 12 heteroatoms. The van der Waals surface area contributed by atoms with Crippen LogP contribution in [0.25, 0.3) is 0 Å². The maximum Gasteiger partial charge on any atom is 0.453 e. The Labute approximate surface area is 186 Å². The number of rotatable bonds is 6. The summed E-state index contributed by atoms with van der Waals surface area (Å²) < 4.78 is 0. The monoisotopic (exact) mass is 462 g/mol. The fourth-order valence-corrected chi connectivity index (χ4v) is 1.09. The van der Waals surface area contributed by atoms with Crippen LogP contribution in [0.15, 0.2) is 0 Å². The molecule has 0 aliphatic carbocycles. The molecule has 0 atom stereocenters. The van der Waals surface area contributed by atoms with Crippen LogP contribution in [0.3, 0.4) is 0 Å². The van der Waals surface area contributed by atoms with Gasteiger partial charge in [-0.15, -0.1) is 0 Å². The van der Waals surface area contributed by atoms with Gasteiger partial charge < -0.3 is 0 Å². The van der Waals surface area contributed by atoms with Crippen molar-refractivity contribution in [3.8, 4) is 11.8 Å². The van der Waals surface area contributed by atoms with Gasteiger partial charge in [0, 0.05) is 0 Å². The van der Waals surface area contributed by atoms with E-state index in [1.807, 2.05) is 0 Å². The van der Waals surface area contributed by atoms with Gasteiger partial charge in [0.1, 0.15) is 11.2 Å². The van der Waals surface area contributed by atoms with E-state index >= 15 is 0 Å². The maximum atomic E-state index is 11.6. The van der Waals surface area contributed by atoms with Crippen LogP contribution in [0.5, 0.6) is 0 Å². The van der Waals surface area contributed by atoms with E-state index < -0.39 is 46.3 Å². The number of hydrogen-bond donors (Lipinski definition) is 0. The Morgan fingerprint density at radius 1 is 0.438 bits per heavy atom. The van der Waals surface area contributed by atoms with E-state index in [4.69, 9.17) is 19.6 Å². The highest BCUT2D eigenvalue weighted by Crippen LogP contribution is 2.14. The first-order valence-electron chi connectivity index (χ1n) is 9.37.